The molecule has 0 spiro atoms. The Bertz CT molecular complexity index is 503. The van der Waals surface area contributed by atoms with Crippen LogP contribution in [0.3, 0.4) is 0 Å². The number of hydrogen-bond acceptors (Lipinski definition) is 0. The maximum atomic E-state index is 11.5. The normalized spacial score (nSPS) is 11.9. The fraction of sp³-hybridized carbons (Fsp3) is 0.0909. The van der Waals surface area contributed by atoms with Crippen LogP contribution in [0.15, 0.2) is 36.4 Å². The lowest BCUT2D eigenvalue weighted by molar-refractivity contribution is 0.360. The van der Waals surface area contributed by atoms with E-state index in [1.54, 1.807) is 24.3 Å². The van der Waals surface area contributed by atoms with Gasteiger partial charge in [0.2, 0.25) is 3.79 Å². The minimum Gasteiger partial charge on any atom is -0.289 e. The molecule has 0 unspecified atom stereocenters. The molecule has 0 bridgehead atoms. The number of benzene rings is 2. The highest BCUT2D eigenvalue weighted by Gasteiger charge is 2.23. The molecule has 0 saturated carbocycles. The van der Waals surface area contributed by atoms with Crippen molar-refractivity contribution in [1.82, 2.24) is 0 Å². The van der Waals surface area contributed by atoms with Crippen LogP contribution in [0, 0.1) is 0 Å². The van der Waals surface area contributed by atoms with E-state index >= 15 is 0 Å². The Morgan fingerprint density at radius 1 is 1.00 bits per heavy atom. The van der Waals surface area contributed by atoms with Crippen molar-refractivity contribution in [2.45, 2.75) is 3.79 Å². The third kappa shape index (κ3) is 2.15. The Kier molecular flexibility index (Phi) is 2.72. The van der Waals surface area contributed by atoms with Crippen molar-refractivity contribution in [3.63, 3.8) is 0 Å². The molecular formula is C11H6Cl3O. The van der Waals surface area contributed by atoms with Crippen molar-refractivity contribution >= 4 is 45.6 Å². The lowest BCUT2D eigenvalue weighted by atomic mass is 10.1. The molecule has 77 valence electrons. The topological polar surface area (TPSA) is 19.9 Å². The third-order valence-corrected chi connectivity index (χ3v) is 2.82. The zero-order valence-corrected chi connectivity index (χ0v) is 9.77. The molecule has 0 fully saturated rings. The summed E-state index contributed by atoms with van der Waals surface area (Å²) in [7, 11) is 0. The number of alkyl halides is 3. The molecule has 0 aromatic heterocycles. The molecule has 0 aliphatic heterocycles. The summed E-state index contributed by atoms with van der Waals surface area (Å²) in [5, 5.41) is 12.9. The number of hydrogen-bond donors (Lipinski definition) is 0. The molecule has 15 heavy (non-hydrogen) atoms. The van der Waals surface area contributed by atoms with Crippen LogP contribution in [0.2, 0.25) is 0 Å². The van der Waals surface area contributed by atoms with Gasteiger partial charge in [0.25, 0.3) is 0 Å². The first-order chi connectivity index (χ1) is 6.98. The Morgan fingerprint density at radius 2 is 1.73 bits per heavy atom. The molecule has 0 N–H and O–H groups in total. The summed E-state index contributed by atoms with van der Waals surface area (Å²) in [6.45, 7) is 0. The lowest BCUT2D eigenvalue weighted by Crippen LogP contribution is -1.99. The Hall–Kier alpha value is -0.630. The van der Waals surface area contributed by atoms with E-state index in [4.69, 9.17) is 34.8 Å². The molecule has 1 radical (unpaired) electrons. The Labute approximate surface area is 102 Å². The fourth-order valence-corrected chi connectivity index (χ4v) is 1.77. The minimum atomic E-state index is -1.49. The van der Waals surface area contributed by atoms with Crippen LogP contribution in [-0.4, -0.2) is 0 Å². The van der Waals surface area contributed by atoms with Crippen LogP contribution in [0.1, 0.15) is 5.56 Å². The quantitative estimate of drug-likeness (QED) is 0.606. The SMILES string of the molecule is [O]c1cccc2ccc(C(Cl)(Cl)Cl)cc12. The molecule has 0 atom stereocenters. The summed E-state index contributed by atoms with van der Waals surface area (Å²) in [4.78, 5) is 0. The number of fused-ring (bicyclic) bond motifs is 1. The summed E-state index contributed by atoms with van der Waals surface area (Å²) < 4.78 is -1.49. The van der Waals surface area contributed by atoms with Gasteiger partial charge < -0.3 is 0 Å². The summed E-state index contributed by atoms with van der Waals surface area (Å²) in [5.74, 6) is -0.0661. The fourth-order valence-electron chi connectivity index (χ4n) is 1.42. The smallest absolute Gasteiger partial charge is 0.216 e. The average molecular weight is 261 g/mol. The maximum Gasteiger partial charge on any atom is 0.216 e. The van der Waals surface area contributed by atoms with E-state index < -0.39 is 3.79 Å². The largest absolute Gasteiger partial charge is 0.289 e. The lowest BCUT2D eigenvalue weighted by Gasteiger charge is -2.11. The number of halogens is 3. The van der Waals surface area contributed by atoms with Gasteiger partial charge >= 0.3 is 0 Å². The highest BCUT2D eigenvalue weighted by Crippen LogP contribution is 2.40. The van der Waals surface area contributed by atoms with E-state index in [1.807, 2.05) is 6.07 Å². The third-order valence-electron chi connectivity index (χ3n) is 2.17. The van der Waals surface area contributed by atoms with Crippen molar-refractivity contribution in [3.8, 4) is 5.75 Å². The first kappa shape index (κ1) is 10.9. The van der Waals surface area contributed by atoms with Crippen LogP contribution in [0.5, 0.6) is 5.75 Å². The van der Waals surface area contributed by atoms with Crippen molar-refractivity contribution in [2.75, 3.05) is 0 Å². The maximum absolute atomic E-state index is 11.5. The van der Waals surface area contributed by atoms with Gasteiger partial charge in [-0.15, -0.1) is 0 Å². The standard InChI is InChI=1S/C11H6Cl3O/c12-11(13,14)8-5-4-7-2-1-3-10(15)9(7)6-8/h1-6H. The highest BCUT2D eigenvalue weighted by atomic mass is 35.6. The number of rotatable bonds is 0. The van der Waals surface area contributed by atoms with Crippen molar-refractivity contribution in [2.24, 2.45) is 0 Å². The molecule has 0 heterocycles. The summed E-state index contributed by atoms with van der Waals surface area (Å²) >= 11 is 17.2. The highest BCUT2D eigenvalue weighted by molar-refractivity contribution is 6.66. The van der Waals surface area contributed by atoms with Gasteiger partial charge in [0, 0.05) is 10.9 Å². The van der Waals surface area contributed by atoms with Gasteiger partial charge in [0.1, 0.15) is 0 Å². The summed E-state index contributed by atoms with van der Waals surface area (Å²) in [6, 6.07) is 10.1. The van der Waals surface area contributed by atoms with Crippen molar-refractivity contribution in [1.29, 1.82) is 0 Å². The molecule has 0 saturated heterocycles. The molecule has 2 aromatic carbocycles. The minimum absolute atomic E-state index is 0.0661. The molecule has 0 aliphatic rings. The second kappa shape index (κ2) is 3.75. The van der Waals surface area contributed by atoms with Gasteiger partial charge in [0.05, 0.1) is 0 Å². The first-order valence-electron chi connectivity index (χ1n) is 4.25. The zero-order chi connectivity index (χ0) is 11.1. The van der Waals surface area contributed by atoms with E-state index in [-0.39, 0.29) is 5.75 Å². The van der Waals surface area contributed by atoms with Crippen LogP contribution < -0.4 is 0 Å². The van der Waals surface area contributed by atoms with Gasteiger partial charge in [-0.25, -0.2) is 0 Å². The van der Waals surface area contributed by atoms with Crippen LogP contribution in [0.25, 0.3) is 10.8 Å². The molecule has 0 aliphatic carbocycles. The van der Waals surface area contributed by atoms with Crippen molar-refractivity contribution in [3.05, 3.63) is 42.0 Å². The Morgan fingerprint density at radius 3 is 2.40 bits per heavy atom. The molecular weight excluding hydrogens is 254 g/mol. The van der Waals surface area contributed by atoms with Gasteiger partial charge in [-0.1, -0.05) is 59.1 Å². The predicted octanol–water partition coefficient (Wildman–Crippen LogP) is 4.81. The van der Waals surface area contributed by atoms with Gasteiger partial charge in [-0.2, -0.15) is 0 Å². The molecule has 2 aromatic rings. The van der Waals surface area contributed by atoms with Gasteiger partial charge in [-0.05, 0) is 17.5 Å². The predicted molar refractivity (Wildman–Crippen MR) is 63.3 cm³/mol. The second-order valence-electron chi connectivity index (χ2n) is 3.19. The molecule has 4 heteroatoms. The summed E-state index contributed by atoms with van der Waals surface area (Å²) in [5.41, 5.74) is 0.503. The molecule has 0 amide bonds. The van der Waals surface area contributed by atoms with E-state index in [1.165, 1.54) is 6.07 Å². The zero-order valence-electron chi connectivity index (χ0n) is 7.51. The van der Waals surface area contributed by atoms with Crippen LogP contribution >= 0.6 is 34.8 Å². The van der Waals surface area contributed by atoms with Gasteiger partial charge in [-0.3, -0.25) is 5.11 Å². The molecule has 1 nitrogen and oxygen atoms in total. The average Bonchev–Trinajstić information content (AvgIpc) is 2.16. The van der Waals surface area contributed by atoms with E-state index in [0.717, 1.165) is 5.39 Å². The summed E-state index contributed by atoms with van der Waals surface area (Å²) in [6.07, 6.45) is 0. The van der Waals surface area contributed by atoms with E-state index in [9.17, 15) is 5.11 Å². The second-order valence-corrected chi connectivity index (χ2v) is 5.47. The van der Waals surface area contributed by atoms with E-state index in [0.29, 0.717) is 10.9 Å². The van der Waals surface area contributed by atoms with E-state index in [2.05, 4.69) is 0 Å². The monoisotopic (exact) mass is 259 g/mol. The van der Waals surface area contributed by atoms with Gasteiger partial charge in [0.15, 0.2) is 5.75 Å². The Balaban J connectivity index is 2.70. The van der Waals surface area contributed by atoms with Crippen LogP contribution in [-0.2, 0) is 8.90 Å². The first-order valence-corrected chi connectivity index (χ1v) is 5.39. The van der Waals surface area contributed by atoms with Crippen molar-refractivity contribution < 1.29 is 5.11 Å². The molecule has 2 rings (SSSR count). The van der Waals surface area contributed by atoms with Crippen LogP contribution in [0.4, 0.5) is 0 Å².